The number of carbonyl (C=O) groups is 2. The van der Waals surface area contributed by atoms with Crippen molar-refractivity contribution in [3.63, 3.8) is 0 Å². The maximum atomic E-state index is 13.1. The average Bonchev–Trinajstić information content (AvgIpc) is 2.73. The zero-order valence-corrected chi connectivity index (χ0v) is 24.0. The van der Waals surface area contributed by atoms with Crippen LogP contribution in [0.25, 0.3) is 0 Å². The number of allylic oxidation sites excluding steroid dienone is 1. The third-order valence-corrected chi connectivity index (χ3v) is 13.5. The molecule has 0 radical (unpaired) electrons. The monoisotopic (exact) mass is 482 g/mol. The Balaban J connectivity index is 1.67. The van der Waals surface area contributed by atoms with Gasteiger partial charge in [-0.05, 0) is 84.4 Å². The van der Waals surface area contributed by atoms with Crippen molar-refractivity contribution in [2.24, 2.45) is 50.2 Å². The van der Waals surface area contributed by atoms with E-state index in [1.807, 2.05) is 0 Å². The Morgan fingerprint density at radius 3 is 2.26 bits per heavy atom. The third kappa shape index (κ3) is 3.08. The Bertz CT molecular complexity index is 973. The number of hydrogen-bond acceptors (Lipinski definition) is 3. The predicted octanol–water partition coefficient (Wildman–Crippen LogP) is 7.92. The van der Waals surface area contributed by atoms with E-state index in [1.165, 1.54) is 32.1 Å². The van der Waals surface area contributed by atoms with E-state index in [-0.39, 0.29) is 39.7 Å². The maximum absolute atomic E-state index is 13.1. The van der Waals surface area contributed by atoms with Crippen molar-refractivity contribution in [3.8, 4) is 0 Å². The van der Waals surface area contributed by atoms with E-state index < -0.39 is 0 Å². The number of Topliss-reactive ketones (excluding diaryl/α,β-unsaturated/α-hetero) is 1. The van der Waals surface area contributed by atoms with Gasteiger partial charge in [-0.1, -0.05) is 73.5 Å². The first-order chi connectivity index (χ1) is 16.0. The topological polar surface area (TPSA) is 43.4 Å². The summed E-state index contributed by atoms with van der Waals surface area (Å²) in [6.07, 6.45) is 12.4. The molecule has 5 rings (SSSR count). The molecule has 5 aliphatic rings. The summed E-state index contributed by atoms with van der Waals surface area (Å²) >= 11 is 0. The van der Waals surface area contributed by atoms with Crippen molar-refractivity contribution >= 4 is 11.8 Å². The number of hydrogen-bond donors (Lipinski definition) is 0. The molecule has 196 valence electrons. The normalized spacial score (nSPS) is 50.1. The van der Waals surface area contributed by atoms with Crippen molar-refractivity contribution in [1.29, 1.82) is 0 Å². The highest BCUT2D eigenvalue weighted by Crippen LogP contribution is 2.75. The van der Waals surface area contributed by atoms with Gasteiger partial charge in [0, 0.05) is 24.2 Å². The fourth-order valence-corrected chi connectivity index (χ4v) is 11.2. The van der Waals surface area contributed by atoms with Crippen molar-refractivity contribution < 1.29 is 14.3 Å². The molecule has 0 unspecified atom stereocenters. The Hall–Kier alpha value is -1.12. The van der Waals surface area contributed by atoms with Crippen molar-refractivity contribution in [2.45, 2.75) is 126 Å². The summed E-state index contributed by atoms with van der Waals surface area (Å²) in [5, 5.41) is 0. The van der Waals surface area contributed by atoms with Gasteiger partial charge in [-0.15, -0.1) is 0 Å². The van der Waals surface area contributed by atoms with Crippen molar-refractivity contribution in [1.82, 2.24) is 0 Å². The van der Waals surface area contributed by atoms with Crippen LogP contribution in [-0.4, -0.2) is 17.9 Å². The summed E-state index contributed by atoms with van der Waals surface area (Å²) in [6.45, 7) is 21.0. The largest absolute Gasteiger partial charge is 0.462 e. The van der Waals surface area contributed by atoms with Gasteiger partial charge in [0.2, 0.25) is 0 Å². The molecule has 0 N–H and O–H groups in total. The van der Waals surface area contributed by atoms with Crippen LogP contribution in [-0.2, 0) is 14.3 Å². The molecule has 3 heteroatoms. The molecule has 0 spiro atoms. The van der Waals surface area contributed by atoms with E-state index in [0.717, 1.165) is 19.3 Å². The minimum absolute atomic E-state index is 0.0948. The SMILES string of the molecule is CC(=O)O[C@@H]1C[C@H]2C(C)(C)C(=O)CC[C@]2(C)[C@H]2CC[C@]3(C)C(=CC[C@@]4(C)[C@H]3CCCC4(C)C)[C@@]21C. The molecule has 0 amide bonds. The lowest BCUT2D eigenvalue weighted by molar-refractivity contribution is -0.212. The predicted molar refractivity (Wildman–Crippen MR) is 141 cm³/mol. The lowest BCUT2D eigenvalue weighted by Crippen LogP contribution is -2.67. The quantitative estimate of drug-likeness (QED) is 0.282. The molecule has 0 aromatic carbocycles. The molecule has 0 aromatic heterocycles. The highest BCUT2D eigenvalue weighted by atomic mass is 16.5. The van der Waals surface area contributed by atoms with Crippen LogP contribution in [0.5, 0.6) is 0 Å². The molecule has 8 atom stereocenters. The van der Waals surface area contributed by atoms with Crippen LogP contribution in [0.15, 0.2) is 11.6 Å². The second-order valence-electron chi connectivity index (χ2n) is 15.4. The third-order valence-electron chi connectivity index (χ3n) is 13.5. The van der Waals surface area contributed by atoms with E-state index in [0.29, 0.717) is 34.9 Å². The van der Waals surface area contributed by atoms with E-state index >= 15 is 0 Å². The number of rotatable bonds is 1. The number of ether oxygens (including phenoxy) is 1. The first-order valence-corrected chi connectivity index (χ1v) is 14.5. The lowest BCUT2D eigenvalue weighted by Gasteiger charge is -2.71. The number of fused-ring (bicyclic) bond motifs is 7. The minimum atomic E-state index is -0.361. The minimum Gasteiger partial charge on any atom is -0.462 e. The second kappa shape index (κ2) is 7.47. The van der Waals surface area contributed by atoms with Gasteiger partial charge in [0.1, 0.15) is 11.9 Å². The van der Waals surface area contributed by atoms with Gasteiger partial charge in [0.05, 0.1) is 0 Å². The summed E-state index contributed by atoms with van der Waals surface area (Å²) in [4.78, 5) is 25.6. The molecule has 0 aromatic rings. The molecule has 5 aliphatic carbocycles. The summed E-state index contributed by atoms with van der Waals surface area (Å²) < 4.78 is 6.29. The summed E-state index contributed by atoms with van der Waals surface area (Å²) in [5.41, 5.74) is 1.97. The molecule has 35 heavy (non-hydrogen) atoms. The van der Waals surface area contributed by atoms with Gasteiger partial charge in [-0.3, -0.25) is 9.59 Å². The van der Waals surface area contributed by atoms with Crippen LogP contribution >= 0.6 is 0 Å². The Morgan fingerprint density at radius 2 is 1.60 bits per heavy atom. The summed E-state index contributed by atoms with van der Waals surface area (Å²) in [6, 6.07) is 0. The Labute approximate surface area is 214 Å². The fraction of sp³-hybridized carbons (Fsp3) is 0.875. The van der Waals surface area contributed by atoms with Gasteiger partial charge in [0.15, 0.2) is 0 Å². The van der Waals surface area contributed by atoms with Crippen molar-refractivity contribution in [2.75, 3.05) is 0 Å². The van der Waals surface area contributed by atoms with Crippen LogP contribution in [0.2, 0.25) is 0 Å². The van der Waals surface area contributed by atoms with Crippen LogP contribution in [0.1, 0.15) is 120 Å². The van der Waals surface area contributed by atoms with Crippen LogP contribution in [0.3, 0.4) is 0 Å². The van der Waals surface area contributed by atoms with Crippen LogP contribution < -0.4 is 0 Å². The number of ketones is 1. The first-order valence-electron chi connectivity index (χ1n) is 14.5. The molecule has 0 aliphatic heterocycles. The van der Waals surface area contributed by atoms with E-state index in [1.54, 1.807) is 12.5 Å². The Morgan fingerprint density at radius 1 is 0.914 bits per heavy atom. The molecular weight excluding hydrogens is 432 g/mol. The standard InChI is InChI=1S/C32H50O3/c1-20(33)35-26-19-24-28(4,5)25(34)14-17-30(24,7)22-12-16-29(6)21-11-10-15-27(2,3)31(21,8)18-13-23(29)32(22,26)9/h13,21-22,24,26H,10-12,14-19H2,1-9H3/t21-,22+,24-,26+,29-,30+,31-,32+/m0/s1. The smallest absolute Gasteiger partial charge is 0.302 e. The van der Waals surface area contributed by atoms with Gasteiger partial charge in [-0.2, -0.15) is 0 Å². The summed E-state index contributed by atoms with van der Waals surface area (Å²) in [7, 11) is 0. The average molecular weight is 483 g/mol. The van der Waals surface area contributed by atoms with E-state index in [4.69, 9.17) is 4.74 Å². The van der Waals surface area contributed by atoms with Gasteiger partial charge in [0.25, 0.3) is 0 Å². The molecule has 0 saturated heterocycles. The molecule has 4 saturated carbocycles. The van der Waals surface area contributed by atoms with Gasteiger partial charge < -0.3 is 4.74 Å². The van der Waals surface area contributed by atoms with E-state index in [2.05, 4.69) is 61.5 Å². The number of esters is 1. The lowest BCUT2D eigenvalue weighted by atomic mass is 9.33. The van der Waals surface area contributed by atoms with Gasteiger partial charge >= 0.3 is 5.97 Å². The van der Waals surface area contributed by atoms with Crippen molar-refractivity contribution in [3.05, 3.63) is 11.6 Å². The van der Waals surface area contributed by atoms with Gasteiger partial charge in [-0.25, -0.2) is 0 Å². The molecule has 0 heterocycles. The molecule has 4 fully saturated rings. The maximum Gasteiger partial charge on any atom is 0.302 e. The molecular formula is C32H50O3. The highest BCUT2D eigenvalue weighted by molar-refractivity contribution is 5.85. The zero-order chi connectivity index (χ0) is 25.8. The Kier molecular flexibility index (Phi) is 5.45. The van der Waals surface area contributed by atoms with E-state index in [9.17, 15) is 9.59 Å². The highest BCUT2D eigenvalue weighted by Gasteiger charge is 2.70. The first kappa shape index (κ1) is 25.5. The summed E-state index contributed by atoms with van der Waals surface area (Å²) in [5.74, 6) is 1.58. The number of carbonyl (C=O) groups excluding carboxylic acids is 2. The molecule has 3 nitrogen and oxygen atoms in total. The molecule has 0 bridgehead atoms. The fourth-order valence-electron chi connectivity index (χ4n) is 11.2. The van der Waals surface area contributed by atoms with Crippen LogP contribution in [0.4, 0.5) is 0 Å². The van der Waals surface area contributed by atoms with Crippen LogP contribution in [0, 0.1) is 50.2 Å². The zero-order valence-electron chi connectivity index (χ0n) is 24.0. The second-order valence-corrected chi connectivity index (χ2v) is 15.4.